The third-order valence-corrected chi connectivity index (χ3v) is 5.21. The topological polar surface area (TPSA) is 79.3 Å². The second-order valence-electron chi connectivity index (χ2n) is 7.10. The smallest absolute Gasteiger partial charge is 0.271 e. The zero-order valence-corrected chi connectivity index (χ0v) is 16.1. The summed E-state index contributed by atoms with van der Waals surface area (Å²) in [4.78, 5) is 29.1. The average Bonchev–Trinajstić information content (AvgIpc) is 3.14. The van der Waals surface area contributed by atoms with E-state index in [4.69, 9.17) is 18.0 Å². The van der Waals surface area contributed by atoms with E-state index in [1.807, 2.05) is 0 Å². The van der Waals surface area contributed by atoms with Gasteiger partial charge in [0, 0.05) is 29.6 Å². The van der Waals surface area contributed by atoms with E-state index >= 15 is 0 Å². The van der Waals surface area contributed by atoms with Crippen LogP contribution in [0.15, 0.2) is 36.5 Å². The van der Waals surface area contributed by atoms with Gasteiger partial charge < -0.3 is 10.4 Å². The van der Waals surface area contributed by atoms with Crippen LogP contribution in [0.5, 0.6) is 5.75 Å². The Hall–Kier alpha value is -2.84. The summed E-state index contributed by atoms with van der Waals surface area (Å²) in [6.45, 7) is 0. The average molecular weight is 397 g/mol. The van der Waals surface area contributed by atoms with E-state index < -0.39 is 5.54 Å². The van der Waals surface area contributed by atoms with Crippen molar-refractivity contribution in [1.29, 1.82) is 0 Å². The van der Waals surface area contributed by atoms with Gasteiger partial charge >= 0.3 is 0 Å². The highest BCUT2D eigenvalue weighted by atomic mass is 35.5. The minimum Gasteiger partial charge on any atom is -0.508 e. The molecule has 1 aromatic carbocycles. The van der Waals surface area contributed by atoms with Gasteiger partial charge in [0.1, 0.15) is 22.8 Å². The molecule has 0 radical (unpaired) electrons. The summed E-state index contributed by atoms with van der Waals surface area (Å²) in [5.41, 5.74) is 0.779. The number of ketones is 1. The molecule has 0 unspecified atom stereocenters. The number of rotatable bonds is 6. The van der Waals surface area contributed by atoms with Gasteiger partial charge in [-0.2, -0.15) is 0 Å². The van der Waals surface area contributed by atoms with Gasteiger partial charge in [-0.25, -0.2) is 0 Å². The number of amides is 1. The molecule has 5 nitrogen and oxygen atoms in total. The third-order valence-electron chi connectivity index (χ3n) is 4.97. The van der Waals surface area contributed by atoms with E-state index in [1.165, 1.54) is 12.3 Å². The molecule has 3 rings (SSSR count). The molecular weight excluding hydrogens is 376 g/mol. The Balaban J connectivity index is 1.67. The fourth-order valence-electron chi connectivity index (χ4n) is 3.47. The van der Waals surface area contributed by atoms with Crippen LogP contribution in [0.2, 0.25) is 5.02 Å². The van der Waals surface area contributed by atoms with Gasteiger partial charge in [0.2, 0.25) is 0 Å². The van der Waals surface area contributed by atoms with Gasteiger partial charge in [-0.05, 0) is 61.6 Å². The highest BCUT2D eigenvalue weighted by molar-refractivity contribution is 6.30. The van der Waals surface area contributed by atoms with Crippen molar-refractivity contribution in [3.8, 4) is 18.1 Å². The lowest BCUT2D eigenvalue weighted by molar-refractivity contribution is -0.117. The van der Waals surface area contributed by atoms with Crippen molar-refractivity contribution in [2.45, 2.75) is 44.1 Å². The molecule has 1 aliphatic rings. The number of benzene rings is 1. The lowest BCUT2D eigenvalue weighted by atomic mass is 9.98. The van der Waals surface area contributed by atoms with Gasteiger partial charge in [-0.15, -0.1) is 6.42 Å². The van der Waals surface area contributed by atoms with Gasteiger partial charge in [0.25, 0.3) is 5.91 Å². The van der Waals surface area contributed by atoms with Crippen LogP contribution in [-0.2, 0) is 17.6 Å². The van der Waals surface area contributed by atoms with Crippen molar-refractivity contribution >= 4 is 23.3 Å². The number of nitrogens with zero attached hydrogens (tertiary/aromatic N) is 1. The molecule has 0 atom stereocenters. The van der Waals surface area contributed by atoms with Gasteiger partial charge in [-0.1, -0.05) is 17.5 Å². The molecule has 2 N–H and O–H groups in total. The number of carbonyl (C=O) groups excluding carboxylic acids is 2. The molecular formula is C22H21ClN2O3. The Bertz CT molecular complexity index is 943. The van der Waals surface area contributed by atoms with E-state index in [-0.39, 0.29) is 36.0 Å². The summed E-state index contributed by atoms with van der Waals surface area (Å²) >= 11 is 5.92. The number of hydrogen-bond donors (Lipinski definition) is 2. The maximum atomic E-state index is 12.6. The molecule has 28 heavy (non-hydrogen) atoms. The third kappa shape index (κ3) is 4.71. The fraction of sp³-hybridized carbons (Fsp3) is 0.318. The number of hydrogen-bond acceptors (Lipinski definition) is 4. The molecule has 2 aromatic rings. The van der Waals surface area contributed by atoms with E-state index in [0.717, 1.165) is 25.7 Å². The van der Waals surface area contributed by atoms with E-state index in [0.29, 0.717) is 16.1 Å². The van der Waals surface area contributed by atoms with Gasteiger partial charge in [0.05, 0.1) is 0 Å². The second kappa shape index (κ2) is 8.45. The minimum absolute atomic E-state index is 0.0312. The van der Waals surface area contributed by atoms with Gasteiger partial charge in [-0.3, -0.25) is 14.6 Å². The van der Waals surface area contributed by atoms with E-state index in [2.05, 4.69) is 16.2 Å². The Kier molecular flexibility index (Phi) is 6.01. The second-order valence-corrected chi connectivity index (χ2v) is 7.54. The summed E-state index contributed by atoms with van der Waals surface area (Å²) in [6, 6.07) is 7.89. The molecule has 1 aromatic heterocycles. The lowest BCUT2D eigenvalue weighted by Gasteiger charge is -2.23. The van der Waals surface area contributed by atoms with E-state index in [9.17, 15) is 14.7 Å². The summed E-state index contributed by atoms with van der Waals surface area (Å²) in [6.07, 6.45) is 10.8. The Morgan fingerprint density at radius 1 is 1.21 bits per heavy atom. The van der Waals surface area contributed by atoms with Crippen LogP contribution < -0.4 is 5.32 Å². The summed E-state index contributed by atoms with van der Waals surface area (Å²) in [5.74, 6) is 2.31. The maximum Gasteiger partial charge on any atom is 0.271 e. The van der Waals surface area contributed by atoms with Crippen LogP contribution in [0.4, 0.5) is 0 Å². The van der Waals surface area contributed by atoms with Crippen LogP contribution in [0.3, 0.4) is 0 Å². The quantitative estimate of drug-likeness (QED) is 0.733. The first-order valence-corrected chi connectivity index (χ1v) is 9.53. The maximum absolute atomic E-state index is 12.6. The number of phenolic OH excluding ortho intramolecular Hbond substituents is 1. The normalized spacial score (nSPS) is 15.0. The first kappa shape index (κ1) is 19.9. The van der Waals surface area contributed by atoms with Crippen molar-refractivity contribution < 1.29 is 14.7 Å². The minimum atomic E-state index is -0.602. The van der Waals surface area contributed by atoms with Crippen LogP contribution in [0.1, 0.15) is 47.3 Å². The highest BCUT2D eigenvalue weighted by Crippen LogP contribution is 2.29. The number of terminal acetylenes is 1. The largest absolute Gasteiger partial charge is 0.508 e. The van der Waals surface area contributed by atoms with Crippen molar-refractivity contribution in [3.05, 3.63) is 58.4 Å². The Labute approximate surface area is 169 Å². The van der Waals surface area contributed by atoms with Crippen molar-refractivity contribution in [1.82, 2.24) is 10.3 Å². The highest BCUT2D eigenvalue weighted by Gasteiger charge is 2.33. The molecule has 1 heterocycles. The molecule has 1 amide bonds. The number of pyridine rings is 1. The zero-order chi connectivity index (χ0) is 20.1. The van der Waals surface area contributed by atoms with Crippen molar-refractivity contribution in [3.63, 3.8) is 0 Å². The number of Topliss-reactive ketones (excluding diaryl/α,β-unsaturated/α-hetero) is 1. The van der Waals surface area contributed by atoms with E-state index in [1.54, 1.807) is 24.3 Å². The number of halogens is 1. The number of nitrogens with one attached hydrogen (secondary N) is 1. The molecule has 6 heteroatoms. The molecule has 1 aliphatic carbocycles. The molecule has 0 aliphatic heterocycles. The first-order valence-electron chi connectivity index (χ1n) is 9.15. The number of aromatic hydroxyl groups is 1. The fourth-order valence-corrected chi connectivity index (χ4v) is 3.67. The standard InChI is InChI=1S/C22H21ClN2O3/c1-2-22(8-3-4-9-22)25-21(28)19-12-15(7-10-24-19)11-18(26)14-16-13-17(23)5-6-20(16)27/h1,5-7,10,12-13,27H,3-4,8-9,11,14H2,(H,25,28). The summed E-state index contributed by atoms with van der Waals surface area (Å²) in [7, 11) is 0. The zero-order valence-electron chi connectivity index (χ0n) is 15.4. The molecule has 0 bridgehead atoms. The lowest BCUT2D eigenvalue weighted by Crippen LogP contribution is -2.45. The molecule has 0 spiro atoms. The van der Waals surface area contributed by atoms with Crippen molar-refractivity contribution in [2.24, 2.45) is 0 Å². The Morgan fingerprint density at radius 3 is 2.68 bits per heavy atom. The molecule has 1 saturated carbocycles. The summed E-state index contributed by atoms with van der Waals surface area (Å²) < 4.78 is 0. The predicted octanol–water partition coefficient (Wildman–Crippen LogP) is 3.47. The Morgan fingerprint density at radius 2 is 1.96 bits per heavy atom. The number of phenols is 1. The summed E-state index contributed by atoms with van der Waals surface area (Å²) in [5, 5.41) is 13.2. The predicted molar refractivity (Wildman–Crippen MR) is 107 cm³/mol. The van der Waals surface area contributed by atoms with Crippen LogP contribution in [0.25, 0.3) is 0 Å². The molecule has 1 fully saturated rings. The van der Waals surface area contributed by atoms with Crippen LogP contribution in [0, 0.1) is 12.3 Å². The molecule has 0 saturated heterocycles. The van der Waals surface area contributed by atoms with Gasteiger partial charge in [0.15, 0.2) is 0 Å². The number of carbonyl (C=O) groups is 2. The SMILES string of the molecule is C#CC1(NC(=O)c2cc(CC(=O)Cc3cc(Cl)ccc3O)ccn2)CCCC1. The van der Waals surface area contributed by atoms with Crippen LogP contribution in [-0.4, -0.2) is 27.3 Å². The molecule has 144 valence electrons. The van der Waals surface area contributed by atoms with Crippen LogP contribution >= 0.6 is 11.6 Å². The van der Waals surface area contributed by atoms with Crippen molar-refractivity contribution in [2.75, 3.05) is 0 Å². The monoisotopic (exact) mass is 396 g/mol. The first-order chi connectivity index (χ1) is 13.4. The number of aromatic nitrogens is 1.